The van der Waals surface area contributed by atoms with E-state index in [1.807, 2.05) is 0 Å². The van der Waals surface area contributed by atoms with Crippen LogP contribution in [0.15, 0.2) is 54.7 Å². The Bertz CT molecular complexity index is 931. The molecule has 0 unspecified atom stereocenters. The molecule has 4 rings (SSSR count). The molecule has 0 spiro atoms. The highest BCUT2D eigenvalue weighted by Gasteiger charge is 2.28. The molecule has 0 radical (unpaired) electrons. The second-order valence-electron chi connectivity index (χ2n) is 6.24. The van der Waals surface area contributed by atoms with Gasteiger partial charge >= 0.3 is 0 Å². The number of hydrogen-bond donors (Lipinski definition) is 0. The number of halogens is 1. The van der Waals surface area contributed by atoms with Crippen molar-refractivity contribution in [1.82, 2.24) is 4.57 Å². The maximum Gasteiger partial charge on any atom is 0.269 e. The number of fused-ring (bicyclic) bond motifs is 1. The lowest BCUT2D eigenvalue weighted by atomic mass is 10.1. The van der Waals surface area contributed by atoms with E-state index in [9.17, 15) is 14.5 Å². The van der Waals surface area contributed by atoms with Crippen LogP contribution in [0.25, 0.3) is 11.3 Å². The van der Waals surface area contributed by atoms with Crippen molar-refractivity contribution in [2.75, 3.05) is 0 Å². The summed E-state index contributed by atoms with van der Waals surface area (Å²) < 4.78 is 17.7. The van der Waals surface area contributed by atoms with Crippen molar-refractivity contribution >= 4 is 5.69 Å². The molecule has 25 heavy (non-hydrogen) atoms. The van der Waals surface area contributed by atoms with Gasteiger partial charge in [-0.3, -0.25) is 10.1 Å². The standard InChI is InChI=1S/C19H17FN3O2/c20-16-7-5-15(6-8-16)18-13-21(19-2-1-11-22(18)19)12-14-3-9-17(10-4-14)23(24)25/h3-10,13H,1-2,11-12H2/q+1. The molecule has 1 aliphatic heterocycles. The minimum atomic E-state index is -0.389. The van der Waals surface area contributed by atoms with Crippen molar-refractivity contribution in [1.29, 1.82) is 0 Å². The fourth-order valence-electron chi connectivity index (χ4n) is 3.42. The van der Waals surface area contributed by atoms with E-state index in [0.717, 1.165) is 36.2 Å². The Labute approximate surface area is 144 Å². The minimum Gasteiger partial charge on any atom is -0.258 e. The zero-order valence-corrected chi connectivity index (χ0v) is 13.6. The monoisotopic (exact) mass is 338 g/mol. The van der Waals surface area contributed by atoms with Crippen LogP contribution in [0.2, 0.25) is 0 Å². The molecule has 2 aromatic carbocycles. The van der Waals surface area contributed by atoms with Crippen LogP contribution in [0.1, 0.15) is 17.8 Å². The second-order valence-corrected chi connectivity index (χ2v) is 6.24. The zero-order chi connectivity index (χ0) is 17.4. The van der Waals surface area contributed by atoms with Crippen molar-refractivity contribution < 1.29 is 13.9 Å². The van der Waals surface area contributed by atoms with Crippen LogP contribution in [-0.2, 0) is 19.5 Å². The molecule has 126 valence electrons. The Morgan fingerprint density at radius 3 is 2.52 bits per heavy atom. The quantitative estimate of drug-likeness (QED) is 0.415. The maximum atomic E-state index is 13.2. The highest BCUT2D eigenvalue weighted by molar-refractivity contribution is 5.58. The minimum absolute atomic E-state index is 0.0999. The van der Waals surface area contributed by atoms with Crippen molar-refractivity contribution in [3.63, 3.8) is 0 Å². The Hall–Kier alpha value is -3.02. The number of hydrogen-bond acceptors (Lipinski definition) is 2. The molecule has 0 N–H and O–H groups in total. The first-order chi connectivity index (χ1) is 12.1. The molecule has 1 aliphatic rings. The Morgan fingerprint density at radius 1 is 1.12 bits per heavy atom. The maximum absolute atomic E-state index is 13.2. The summed E-state index contributed by atoms with van der Waals surface area (Å²) in [6.45, 7) is 1.61. The van der Waals surface area contributed by atoms with Gasteiger partial charge in [-0.15, -0.1) is 0 Å². The molecule has 1 aromatic heterocycles. The molecule has 0 bridgehead atoms. The van der Waals surface area contributed by atoms with Crippen molar-refractivity contribution in [2.24, 2.45) is 0 Å². The average Bonchev–Trinajstić information content (AvgIpc) is 3.20. The fraction of sp³-hybridized carbons (Fsp3) is 0.211. The first-order valence-corrected chi connectivity index (χ1v) is 8.23. The number of nitrogens with zero attached hydrogens (tertiary/aromatic N) is 3. The second kappa shape index (κ2) is 6.12. The highest BCUT2D eigenvalue weighted by Crippen LogP contribution is 2.25. The predicted molar refractivity (Wildman–Crippen MR) is 90.5 cm³/mol. The van der Waals surface area contributed by atoms with Crippen LogP contribution < -0.4 is 4.57 Å². The van der Waals surface area contributed by atoms with E-state index in [1.54, 1.807) is 24.3 Å². The normalized spacial score (nSPS) is 13.0. The number of nitro groups is 1. The molecular formula is C19H17FN3O2+. The summed E-state index contributed by atoms with van der Waals surface area (Å²) in [7, 11) is 0. The fourth-order valence-corrected chi connectivity index (χ4v) is 3.42. The summed E-state index contributed by atoms with van der Waals surface area (Å²) >= 11 is 0. The van der Waals surface area contributed by atoms with E-state index in [-0.39, 0.29) is 16.4 Å². The molecule has 0 fully saturated rings. The van der Waals surface area contributed by atoms with Gasteiger partial charge in [0.1, 0.15) is 18.6 Å². The topological polar surface area (TPSA) is 52.0 Å². The smallest absolute Gasteiger partial charge is 0.258 e. The molecule has 6 heteroatoms. The van der Waals surface area contributed by atoms with Crippen molar-refractivity contribution in [2.45, 2.75) is 25.9 Å². The Kier molecular flexibility index (Phi) is 3.80. The molecule has 0 amide bonds. The molecule has 2 heterocycles. The van der Waals surface area contributed by atoms with Gasteiger partial charge in [0.05, 0.1) is 17.9 Å². The van der Waals surface area contributed by atoms with Gasteiger partial charge in [0.2, 0.25) is 0 Å². The Balaban J connectivity index is 1.67. The van der Waals surface area contributed by atoms with E-state index >= 15 is 0 Å². The van der Waals surface area contributed by atoms with Gasteiger partial charge in [0.25, 0.3) is 11.5 Å². The first-order valence-electron chi connectivity index (χ1n) is 8.23. The number of non-ortho nitro benzene ring substituents is 1. The first kappa shape index (κ1) is 15.5. The van der Waals surface area contributed by atoms with Gasteiger partial charge in [-0.1, -0.05) is 0 Å². The molecule has 3 aromatic rings. The third kappa shape index (κ3) is 2.91. The molecule has 0 saturated heterocycles. The lowest BCUT2D eigenvalue weighted by Gasteiger charge is -2.00. The van der Waals surface area contributed by atoms with E-state index in [1.165, 1.54) is 30.1 Å². The molecule has 0 aliphatic carbocycles. The van der Waals surface area contributed by atoms with Gasteiger partial charge in [0.15, 0.2) is 5.69 Å². The number of benzene rings is 2. The van der Waals surface area contributed by atoms with Crippen molar-refractivity contribution in [3.8, 4) is 11.3 Å². The van der Waals surface area contributed by atoms with E-state index in [0.29, 0.717) is 6.54 Å². The third-order valence-corrected chi connectivity index (χ3v) is 4.63. The predicted octanol–water partition coefficient (Wildman–Crippen LogP) is 3.48. The summed E-state index contributed by atoms with van der Waals surface area (Å²) in [5.74, 6) is 0.994. The molecular weight excluding hydrogens is 321 g/mol. The molecule has 5 nitrogen and oxygen atoms in total. The summed E-state index contributed by atoms with van der Waals surface area (Å²) in [5, 5.41) is 10.8. The Morgan fingerprint density at radius 2 is 1.84 bits per heavy atom. The van der Waals surface area contributed by atoms with Crippen LogP contribution in [0.4, 0.5) is 10.1 Å². The van der Waals surface area contributed by atoms with Crippen LogP contribution in [0.5, 0.6) is 0 Å². The van der Waals surface area contributed by atoms with Crippen molar-refractivity contribution in [3.05, 3.63) is 82.0 Å². The van der Waals surface area contributed by atoms with E-state index in [4.69, 9.17) is 0 Å². The van der Waals surface area contributed by atoms with Crippen LogP contribution in [0, 0.1) is 15.9 Å². The van der Waals surface area contributed by atoms with Crippen LogP contribution in [-0.4, -0.2) is 9.49 Å². The van der Waals surface area contributed by atoms with Crippen LogP contribution >= 0.6 is 0 Å². The van der Waals surface area contributed by atoms with Gasteiger partial charge < -0.3 is 0 Å². The number of imidazole rings is 1. The van der Waals surface area contributed by atoms with Crippen LogP contribution in [0.3, 0.4) is 0 Å². The van der Waals surface area contributed by atoms with Gasteiger partial charge in [0, 0.05) is 17.7 Å². The summed E-state index contributed by atoms with van der Waals surface area (Å²) in [5.41, 5.74) is 3.19. The summed E-state index contributed by atoms with van der Waals surface area (Å²) in [6.07, 6.45) is 4.17. The summed E-state index contributed by atoms with van der Waals surface area (Å²) in [4.78, 5) is 10.4. The highest BCUT2D eigenvalue weighted by atomic mass is 19.1. The van der Waals surface area contributed by atoms with Gasteiger partial charge in [-0.2, -0.15) is 0 Å². The lowest BCUT2D eigenvalue weighted by Crippen LogP contribution is -2.36. The number of rotatable bonds is 4. The largest absolute Gasteiger partial charge is 0.269 e. The lowest BCUT2D eigenvalue weighted by molar-refractivity contribution is -0.694. The number of nitro benzene ring substituents is 1. The van der Waals surface area contributed by atoms with Gasteiger partial charge in [-0.25, -0.2) is 13.5 Å². The SMILES string of the molecule is O=[N+]([O-])c1ccc(C[n+]2cc(-c3ccc(F)cc3)n3c2CCC3)cc1. The third-order valence-electron chi connectivity index (χ3n) is 4.63. The van der Waals surface area contributed by atoms with E-state index < -0.39 is 0 Å². The summed E-state index contributed by atoms with van der Waals surface area (Å²) in [6, 6.07) is 13.2. The average molecular weight is 338 g/mol. The number of aromatic nitrogens is 2. The molecule has 0 saturated carbocycles. The van der Waals surface area contributed by atoms with Gasteiger partial charge in [-0.05, 0) is 48.4 Å². The zero-order valence-electron chi connectivity index (χ0n) is 13.6. The van der Waals surface area contributed by atoms with E-state index in [2.05, 4.69) is 15.3 Å². The molecule has 0 atom stereocenters.